The summed E-state index contributed by atoms with van der Waals surface area (Å²) in [4.78, 5) is 17.0. The first-order valence-electron chi connectivity index (χ1n) is 10.4. The third kappa shape index (κ3) is 5.65. The number of amides is 1. The highest BCUT2D eigenvalue weighted by molar-refractivity contribution is 7.92. The summed E-state index contributed by atoms with van der Waals surface area (Å²) in [6.45, 7) is 3.58. The molecule has 1 aromatic heterocycles. The van der Waals surface area contributed by atoms with E-state index in [1.54, 1.807) is 61.5 Å². The molecule has 2 N–H and O–H groups in total. The second kappa shape index (κ2) is 9.70. The highest BCUT2D eigenvalue weighted by Crippen LogP contribution is 2.24. The summed E-state index contributed by atoms with van der Waals surface area (Å²) in [6, 6.07) is 18.8. The van der Waals surface area contributed by atoms with Gasteiger partial charge in [0.2, 0.25) is 11.8 Å². The number of nitrogens with one attached hydrogen (secondary N) is 2. The van der Waals surface area contributed by atoms with Crippen LogP contribution in [0.5, 0.6) is 0 Å². The Kier molecular flexibility index (Phi) is 6.72. The van der Waals surface area contributed by atoms with Gasteiger partial charge >= 0.3 is 0 Å². The van der Waals surface area contributed by atoms with Crippen molar-refractivity contribution in [2.24, 2.45) is 0 Å². The lowest BCUT2D eigenvalue weighted by atomic mass is 10.2. The predicted molar refractivity (Wildman–Crippen MR) is 132 cm³/mol. The van der Waals surface area contributed by atoms with Crippen LogP contribution >= 0.6 is 11.6 Å². The van der Waals surface area contributed by atoms with Gasteiger partial charge in [0.25, 0.3) is 10.0 Å². The first-order chi connectivity index (χ1) is 16.2. The lowest BCUT2D eigenvalue weighted by Crippen LogP contribution is -2.17. The van der Waals surface area contributed by atoms with Crippen LogP contribution in [0.2, 0.25) is 5.02 Å². The Bertz CT molecular complexity index is 1450. The van der Waals surface area contributed by atoms with Crippen LogP contribution in [0.15, 0.2) is 82.3 Å². The Balaban J connectivity index is 1.47. The molecule has 0 saturated carbocycles. The number of hydrogen-bond donors (Lipinski definition) is 2. The van der Waals surface area contributed by atoms with Crippen molar-refractivity contribution >= 4 is 38.9 Å². The highest BCUT2D eigenvalue weighted by Gasteiger charge is 2.19. The van der Waals surface area contributed by atoms with Gasteiger partial charge in [-0.2, -0.15) is 0 Å². The second-order valence-corrected chi connectivity index (χ2v) is 9.92. The van der Waals surface area contributed by atoms with E-state index >= 15 is 0 Å². The molecule has 0 atom stereocenters. The molecule has 0 spiro atoms. The van der Waals surface area contributed by atoms with E-state index in [9.17, 15) is 13.2 Å². The predicted octanol–water partition coefficient (Wildman–Crippen LogP) is 5.59. The molecule has 7 nitrogen and oxygen atoms in total. The van der Waals surface area contributed by atoms with Crippen molar-refractivity contribution < 1.29 is 17.6 Å². The Hall–Kier alpha value is -3.62. The van der Waals surface area contributed by atoms with Crippen LogP contribution in [0.3, 0.4) is 0 Å². The molecular weight excluding hydrogens is 474 g/mol. The van der Waals surface area contributed by atoms with Gasteiger partial charge in [0.05, 0.1) is 17.0 Å². The van der Waals surface area contributed by atoms with Crippen LogP contribution in [0.4, 0.5) is 11.4 Å². The monoisotopic (exact) mass is 495 g/mol. The van der Waals surface area contributed by atoms with E-state index < -0.39 is 10.0 Å². The fourth-order valence-electron chi connectivity index (χ4n) is 3.37. The van der Waals surface area contributed by atoms with Crippen molar-refractivity contribution in [3.8, 4) is 11.5 Å². The van der Waals surface area contributed by atoms with Crippen molar-refractivity contribution in [2.45, 2.75) is 25.2 Å². The van der Waals surface area contributed by atoms with Crippen LogP contribution in [0.25, 0.3) is 11.5 Å². The molecule has 0 fully saturated rings. The zero-order valence-corrected chi connectivity index (χ0v) is 20.1. The standard InChI is InChI=1S/C25H22ClN3O4S/c1-16-4-3-5-21(12-16)29-34(31,32)23-13-20(11-6-17(23)2)27-24(30)14-22-15-33-25(28-22)18-7-9-19(26)10-8-18/h3-13,15,29H,14H2,1-2H3,(H,27,30). The fourth-order valence-corrected chi connectivity index (χ4v) is 4.82. The maximum absolute atomic E-state index is 13.0. The van der Waals surface area contributed by atoms with Crippen molar-refractivity contribution in [1.29, 1.82) is 0 Å². The van der Waals surface area contributed by atoms with Gasteiger partial charge in [0.1, 0.15) is 6.26 Å². The number of nitrogens with zero attached hydrogens (tertiary/aromatic N) is 1. The number of oxazole rings is 1. The average Bonchev–Trinajstić information content (AvgIpc) is 3.23. The van der Waals surface area contributed by atoms with Crippen molar-refractivity contribution in [1.82, 2.24) is 4.98 Å². The van der Waals surface area contributed by atoms with Crippen LogP contribution in [-0.4, -0.2) is 19.3 Å². The van der Waals surface area contributed by atoms with Crippen molar-refractivity contribution in [3.63, 3.8) is 0 Å². The van der Waals surface area contributed by atoms with E-state index in [1.807, 2.05) is 13.0 Å². The summed E-state index contributed by atoms with van der Waals surface area (Å²) in [5.74, 6) is 0.0280. The minimum absolute atomic E-state index is 0.0331. The molecule has 4 aromatic rings. The molecular formula is C25H22ClN3O4S. The molecule has 0 aliphatic rings. The smallest absolute Gasteiger partial charge is 0.262 e. The minimum atomic E-state index is -3.85. The molecule has 9 heteroatoms. The third-order valence-electron chi connectivity index (χ3n) is 5.02. The maximum atomic E-state index is 13.0. The number of aryl methyl sites for hydroxylation is 2. The van der Waals surface area contributed by atoms with Gasteiger partial charge in [0, 0.05) is 22.0 Å². The fraction of sp³-hybridized carbons (Fsp3) is 0.120. The number of benzene rings is 3. The van der Waals surface area contributed by atoms with Gasteiger partial charge in [-0.3, -0.25) is 9.52 Å². The number of aromatic nitrogens is 1. The van der Waals surface area contributed by atoms with E-state index in [4.69, 9.17) is 16.0 Å². The van der Waals surface area contributed by atoms with E-state index in [-0.39, 0.29) is 17.2 Å². The number of sulfonamides is 1. The molecule has 0 aliphatic carbocycles. The molecule has 0 unspecified atom stereocenters. The van der Waals surface area contributed by atoms with E-state index in [1.165, 1.54) is 12.3 Å². The van der Waals surface area contributed by atoms with E-state index in [2.05, 4.69) is 15.0 Å². The zero-order chi connectivity index (χ0) is 24.3. The maximum Gasteiger partial charge on any atom is 0.262 e. The number of halogens is 1. The summed E-state index contributed by atoms with van der Waals surface area (Å²) >= 11 is 5.90. The summed E-state index contributed by atoms with van der Waals surface area (Å²) in [5.41, 5.74) is 3.51. The number of anilines is 2. The SMILES string of the molecule is Cc1cccc(NS(=O)(=O)c2cc(NC(=O)Cc3coc(-c4ccc(Cl)cc4)n3)ccc2C)c1. The van der Waals surface area contributed by atoms with Crippen LogP contribution in [0, 0.1) is 13.8 Å². The van der Waals surface area contributed by atoms with Gasteiger partial charge in [-0.05, 0) is 73.5 Å². The summed E-state index contributed by atoms with van der Waals surface area (Å²) in [5, 5.41) is 3.33. The van der Waals surface area contributed by atoms with Gasteiger partial charge in [0.15, 0.2) is 0 Å². The van der Waals surface area contributed by atoms with Crippen molar-refractivity contribution in [3.05, 3.63) is 94.8 Å². The molecule has 0 saturated heterocycles. The largest absolute Gasteiger partial charge is 0.444 e. The Labute approximate surface area is 202 Å². The van der Waals surface area contributed by atoms with E-state index in [0.29, 0.717) is 33.5 Å². The summed E-state index contributed by atoms with van der Waals surface area (Å²) in [7, 11) is -3.85. The number of carbonyl (C=O) groups is 1. The lowest BCUT2D eigenvalue weighted by Gasteiger charge is -2.13. The lowest BCUT2D eigenvalue weighted by molar-refractivity contribution is -0.115. The van der Waals surface area contributed by atoms with Crippen LogP contribution < -0.4 is 10.0 Å². The van der Waals surface area contributed by atoms with Gasteiger partial charge in [-0.25, -0.2) is 13.4 Å². The average molecular weight is 496 g/mol. The van der Waals surface area contributed by atoms with Gasteiger partial charge in [-0.15, -0.1) is 0 Å². The normalized spacial score (nSPS) is 11.3. The number of carbonyl (C=O) groups excluding carboxylic acids is 1. The minimum Gasteiger partial charge on any atom is -0.444 e. The number of hydrogen-bond acceptors (Lipinski definition) is 5. The van der Waals surface area contributed by atoms with E-state index in [0.717, 1.165) is 11.1 Å². The first-order valence-corrected chi connectivity index (χ1v) is 12.3. The molecule has 34 heavy (non-hydrogen) atoms. The summed E-state index contributed by atoms with van der Waals surface area (Å²) < 4.78 is 34.0. The quantitative estimate of drug-likeness (QED) is 0.348. The highest BCUT2D eigenvalue weighted by atomic mass is 35.5. The molecule has 3 aromatic carbocycles. The second-order valence-electron chi connectivity index (χ2n) is 7.83. The Morgan fingerprint density at radius 3 is 2.50 bits per heavy atom. The first kappa shape index (κ1) is 23.5. The Morgan fingerprint density at radius 1 is 1.00 bits per heavy atom. The molecule has 174 valence electrons. The van der Waals surface area contributed by atoms with Crippen LogP contribution in [-0.2, 0) is 21.2 Å². The third-order valence-corrected chi connectivity index (χ3v) is 6.79. The molecule has 1 amide bonds. The molecule has 4 rings (SSSR count). The molecule has 0 radical (unpaired) electrons. The summed E-state index contributed by atoms with van der Waals surface area (Å²) in [6.07, 6.45) is 1.38. The molecule has 0 aliphatic heterocycles. The molecule has 1 heterocycles. The van der Waals surface area contributed by atoms with Gasteiger partial charge in [-0.1, -0.05) is 29.8 Å². The number of rotatable bonds is 7. The molecule has 0 bridgehead atoms. The van der Waals surface area contributed by atoms with Crippen LogP contribution in [0.1, 0.15) is 16.8 Å². The van der Waals surface area contributed by atoms with Gasteiger partial charge < -0.3 is 9.73 Å². The topological polar surface area (TPSA) is 101 Å². The zero-order valence-electron chi connectivity index (χ0n) is 18.5. The Morgan fingerprint density at radius 2 is 1.76 bits per heavy atom. The van der Waals surface area contributed by atoms with Crippen molar-refractivity contribution in [2.75, 3.05) is 10.0 Å².